The maximum absolute atomic E-state index is 13.1. The SMILES string of the molecule is O=C1c2cnc(Nc3ccc(N4CCN(C5CC5)CC4)c(Cl)c3)nc2OCN1c1c(Cl)cccc1Cl. The summed E-state index contributed by atoms with van der Waals surface area (Å²) in [6.07, 6.45) is 4.09. The zero-order valence-electron chi connectivity index (χ0n) is 19.3. The molecule has 1 aromatic heterocycles. The van der Waals surface area contributed by atoms with Gasteiger partial charge in [-0.25, -0.2) is 4.98 Å². The first-order valence-corrected chi connectivity index (χ1v) is 12.9. The molecule has 1 aliphatic carbocycles. The quantitative estimate of drug-likeness (QED) is 0.456. The maximum atomic E-state index is 13.1. The van der Waals surface area contributed by atoms with Crippen LogP contribution in [0.1, 0.15) is 23.2 Å². The van der Waals surface area contributed by atoms with Gasteiger partial charge in [0, 0.05) is 44.1 Å². The number of hydrogen-bond donors (Lipinski definition) is 1. The van der Waals surface area contributed by atoms with E-state index in [0.717, 1.165) is 43.6 Å². The number of piperazine rings is 1. The zero-order chi connectivity index (χ0) is 24.8. The molecule has 2 aliphatic heterocycles. The molecule has 3 aliphatic rings. The van der Waals surface area contributed by atoms with E-state index in [0.29, 0.717) is 26.7 Å². The summed E-state index contributed by atoms with van der Waals surface area (Å²) in [5.74, 6) is 0.146. The Morgan fingerprint density at radius 3 is 2.42 bits per heavy atom. The Morgan fingerprint density at radius 1 is 0.972 bits per heavy atom. The standard InChI is InChI=1S/C25H23Cl3N6O2/c26-18-2-1-3-19(27)22(18)34-14-36-23-17(24(34)35)13-29-25(31-23)30-15-4-7-21(20(28)12-15)33-10-8-32(9-11-33)16-5-6-16/h1-4,7,12-13,16H,5-6,8-11,14H2,(H,29,30,31). The number of carbonyl (C=O) groups is 1. The highest BCUT2D eigenvalue weighted by Crippen LogP contribution is 2.37. The molecule has 11 heteroatoms. The Labute approximate surface area is 223 Å². The van der Waals surface area contributed by atoms with Crippen LogP contribution in [0, 0.1) is 0 Å². The van der Waals surface area contributed by atoms with Crippen molar-refractivity contribution in [3.8, 4) is 5.88 Å². The molecule has 0 spiro atoms. The monoisotopic (exact) mass is 544 g/mol. The number of nitrogens with zero attached hydrogens (tertiary/aromatic N) is 5. The van der Waals surface area contributed by atoms with E-state index in [-0.39, 0.29) is 24.1 Å². The van der Waals surface area contributed by atoms with Gasteiger partial charge in [-0.2, -0.15) is 4.98 Å². The molecule has 8 nitrogen and oxygen atoms in total. The molecule has 0 unspecified atom stereocenters. The minimum absolute atomic E-state index is 0.0692. The summed E-state index contributed by atoms with van der Waals surface area (Å²) in [4.78, 5) is 28.1. The first-order valence-electron chi connectivity index (χ1n) is 11.8. The molecule has 36 heavy (non-hydrogen) atoms. The summed E-state index contributed by atoms with van der Waals surface area (Å²) in [5.41, 5.74) is 2.38. The summed E-state index contributed by atoms with van der Waals surface area (Å²) in [6, 6.07) is 11.7. The van der Waals surface area contributed by atoms with Gasteiger partial charge in [-0.15, -0.1) is 0 Å². The molecule has 3 aromatic rings. The van der Waals surface area contributed by atoms with Crippen LogP contribution in [0.15, 0.2) is 42.6 Å². The Kier molecular flexibility index (Phi) is 6.29. The van der Waals surface area contributed by atoms with E-state index < -0.39 is 0 Å². The molecule has 0 bridgehead atoms. The normalized spacial score (nSPS) is 18.1. The summed E-state index contributed by atoms with van der Waals surface area (Å²) in [6.45, 7) is 4.02. The largest absolute Gasteiger partial charge is 0.455 e. The summed E-state index contributed by atoms with van der Waals surface area (Å²) < 4.78 is 5.76. The van der Waals surface area contributed by atoms with Gasteiger partial charge in [-0.05, 0) is 43.2 Å². The van der Waals surface area contributed by atoms with E-state index in [1.54, 1.807) is 18.2 Å². The maximum Gasteiger partial charge on any atom is 0.268 e. The minimum Gasteiger partial charge on any atom is -0.455 e. The number of carbonyl (C=O) groups excluding carboxylic acids is 1. The number of amides is 1. The summed E-state index contributed by atoms with van der Waals surface area (Å²) in [7, 11) is 0. The van der Waals surface area contributed by atoms with Gasteiger partial charge >= 0.3 is 0 Å². The number of aromatic nitrogens is 2. The number of rotatable bonds is 5. The number of fused-ring (bicyclic) bond motifs is 1. The zero-order valence-corrected chi connectivity index (χ0v) is 21.5. The van der Waals surface area contributed by atoms with Crippen LogP contribution in [0.4, 0.5) is 23.0 Å². The average Bonchev–Trinajstić information content (AvgIpc) is 3.71. The molecular weight excluding hydrogens is 523 g/mol. The van der Waals surface area contributed by atoms with Gasteiger partial charge in [0.15, 0.2) is 6.73 Å². The second-order valence-corrected chi connectivity index (χ2v) is 10.3. The minimum atomic E-state index is -0.341. The van der Waals surface area contributed by atoms with Crippen LogP contribution in [0.2, 0.25) is 15.1 Å². The molecule has 186 valence electrons. The van der Waals surface area contributed by atoms with Gasteiger partial charge < -0.3 is 15.0 Å². The van der Waals surface area contributed by atoms with Crippen molar-refractivity contribution in [2.75, 3.05) is 48.0 Å². The Bertz CT molecular complexity index is 1310. The highest BCUT2D eigenvalue weighted by molar-refractivity contribution is 6.40. The van der Waals surface area contributed by atoms with Crippen LogP contribution in [0.3, 0.4) is 0 Å². The fraction of sp³-hybridized carbons (Fsp3) is 0.320. The van der Waals surface area contributed by atoms with Crippen molar-refractivity contribution < 1.29 is 9.53 Å². The van der Waals surface area contributed by atoms with Crippen molar-refractivity contribution in [3.05, 3.63) is 63.2 Å². The predicted octanol–water partition coefficient (Wildman–Crippen LogP) is 5.46. The number of nitrogens with one attached hydrogen (secondary N) is 1. The van der Waals surface area contributed by atoms with Crippen molar-refractivity contribution in [3.63, 3.8) is 0 Å². The second-order valence-electron chi connectivity index (χ2n) is 9.03. The topological polar surface area (TPSA) is 73.8 Å². The number of anilines is 4. The highest BCUT2D eigenvalue weighted by atomic mass is 35.5. The van der Waals surface area contributed by atoms with Crippen molar-refractivity contribution in [1.82, 2.24) is 14.9 Å². The fourth-order valence-electron chi connectivity index (χ4n) is 4.66. The number of ether oxygens (including phenoxy) is 1. The highest BCUT2D eigenvalue weighted by Gasteiger charge is 2.32. The molecule has 3 heterocycles. The summed E-state index contributed by atoms with van der Waals surface area (Å²) >= 11 is 19.2. The van der Waals surface area contributed by atoms with Gasteiger partial charge in [0.2, 0.25) is 11.8 Å². The van der Waals surface area contributed by atoms with Crippen LogP contribution < -0.4 is 19.9 Å². The lowest BCUT2D eigenvalue weighted by molar-refractivity contribution is 0.0932. The second kappa shape index (κ2) is 9.59. The Hall–Kier alpha value is -2.78. The van der Waals surface area contributed by atoms with E-state index in [2.05, 4.69) is 25.1 Å². The van der Waals surface area contributed by atoms with E-state index in [4.69, 9.17) is 39.5 Å². The molecule has 6 rings (SSSR count). The fourth-order valence-corrected chi connectivity index (χ4v) is 5.57. The molecule has 1 N–H and O–H groups in total. The number of para-hydroxylation sites is 1. The smallest absolute Gasteiger partial charge is 0.268 e. The first kappa shape index (κ1) is 23.6. The number of halogens is 3. The van der Waals surface area contributed by atoms with E-state index in [1.165, 1.54) is 23.9 Å². The number of benzene rings is 2. The van der Waals surface area contributed by atoms with Crippen LogP contribution in [0.25, 0.3) is 0 Å². The lowest BCUT2D eigenvalue weighted by Crippen LogP contribution is -2.47. The van der Waals surface area contributed by atoms with Gasteiger partial charge in [0.05, 0.1) is 26.4 Å². The third kappa shape index (κ3) is 4.54. The first-order chi connectivity index (χ1) is 17.5. The summed E-state index contributed by atoms with van der Waals surface area (Å²) in [5, 5.41) is 4.52. The molecule has 2 fully saturated rings. The third-order valence-corrected chi connectivity index (χ3v) is 7.60. The molecular formula is C25H23Cl3N6O2. The van der Waals surface area contributed by atoms with Crippen LogP contribution in [0.5, 0.6) is 5.88 Å². The Morgan fingerprint density at radius 2 is 1.72 bits per heavy atom. The van der Waals surface area contributed by atoms with Crippen LogP contribution in [-0.2, 0) is 0 Å². The predicted molar refractivity (Wildman–Crippen MR) is 142 cm³/mol. The number of hydrogen-bond acceptors (Lipinski definition) is 7. The van der Waals surface area contributed by atoms with Crippen LogP contribution in [-0.4, -0.2) is 59.7 Å². The molecule has 1 saturated carbocycles. The third-order valence-electron chi connectivity index (χ3n) is 6.69. The molecule has 0 atom stereocenters. The van der Waals surface area contributed by atoms with Gasteiger partial charge in [-0.3, -0.25) is 14.6 Å². The van der Waals surface area contributed by atoms with Crippen LogP contribution >= 0.6 is 34.8 Å². The Balaban J connectivity index is 1.15. The van der Waals surface area contributed by atoms with Gasteiger partial charge in [-0.1, -0.05) is 40.9 Å². The lowest BCUT2D eigenvalue weighted by atomic mass is 10.2. The average molecular weight is 546 g/mol. The van der Waals surface area contributed by atoms with E-state index >= 15 is 0 Å². The molecule has 1 amide bonds. The van der Waals surface area contributed by atoms with Crippen molar-refractivity contribution in [2.24, 2.45) is 0 Å². The van der Waals surface area contributed by atoms with E-state index in [1.807, 2.05) is 18.2 Å². The van der Waals surface area contributed by atoms with Gasteiger partial charge in [0.1, 0.15) is 5.56 Å². The molecule has 0 radical (unpaired) electrons. The van der Waals surface area contributed by atoms with Crippen molar-refractivity contribution in [2.45, 2.75) is 18.9 Å². The van der Waals surface area contributed by atoms with Crippen molar-refractivity contribution in [1.29, 1.82) is 0 Å². The molecule has 2 aromatic carbocycles. The van der Waals surface area contributed by atoms with E-state index in [9.17, 15) is 4.79 Å². The van der Waals surface area contributed by atoms with Crippen molar-refractivity contribution >= 4 is 63.7 Å². The lowest BCUT2D eigenvalue weighted by Gasteiger charge is -2.36. The molecule has 1 saturated heterocycles. The van der Waals surface area contributed by atoms with Gasteiger partial charge in [0.25, 0.3) is 5.91 Å².